The fourth-order valence-electron chi connectivity index (χ4n) is 3.46. The zero-order chi connectivity index (χ0) is 24.1. The summed E-state index contributed by atoms with van der Waals surface area (Å²) in [5.74, 6) is -0.242. The van der Waals surface area contributed by atoms with Crippen LogP contribution < -0.4 is 9.47 Å². The van der Waals surface area contributed by atoms with Crippen molar-refractivity contribution in [2.45, 2.75) is 6.92 Å². The lowest BCUT2D eigenvalue weighted by atomic mass is 10.0. The molecule has 0 aliphatic carbocycles. The summed E-state index contributed by atoms with van der Waals surface area (Å²) in [5, 5.41) is 3.45. The lowest BCUT2D eigenvalue weighted by Gasteiger charge is -2.09. The van der Waals surface area contributed by atoms with Crippen LogP contribution in [-0.4, -0.2) is 38.2 Å². The standard InChI is InChI=1S/C27H22O7/c1-17(28)32-11-12-33-26(29)22-5-3-19-14-23(6-4-18(19)13-22)27(30)34-25-10-8-20-15-24(31-2)9-7-21(20)16-25/h3-10,13-16H,11-12H2,1-2H3. The topological polar surface area (TPSA) is 88.1 Å². The first-order valence-corrected chi connectivity index (χ1v) is 10.6. The number of rotatable bonds is 7. The van der Waals surface area contributed by atoms with Crippen LogP contribution in [-0.2, 0) is 14.3 Å². The monoisotopic (exact) mass is 458 g/mol. The average molecular weight is 458 g/mol. The average Bonchev–Trinajstić information content (AvgIpc) is 2.85. The Balaban J connectivity index is 1.45. The minimum Gasteiger partial charge on any atom is -0.497 e. The highest BCUT2D eigenvalue weighted by Crippen LogP contribution is 2.26. The summed E-state index contributed by atoms with van der Waals surface area (Å²) in [6.45, 7) is 1.27. The maximum absolute atomic E-state index is 12.7. The van der Waals surface area contributed by atoms with Gasteiger partial charge in [-0.3, -0.25) is 4.79 Å². The summed E-state index contributed by atoms with van der Waals surface area (Å²) in [7, 11) is 1.61. The largest absolute Gasteiger partial charge is 0.497 e. The lowest BCUT2D eigenvalue weighted by molar-refractivity contribution is -0.142. The SMILES string of the molecule is COc1ccc2cc(OC(=O)c3ccc4cc(C(=O)OCCOC(C)=O)ccc4c3)ccc2c1. The molecule has 0 amide bonds. The zero-order valence-corrected chi connectivity index (χ0v) is 18.7. The molecule has 0 aromatic heterocycles. The van der Waals surface area contributed by atoms with Crippen molar-refractivity contribution < 1.29 is 33.3 Å². The molecule has 0 unspecified atom stereocenters. The molecule has 0 saturated carbocycles. The smallest absolute Gasteiger partial charge is 0.343 e. The van der Waals surface area contributed by atoms with E-state index in [1.54, 1.807) is 55.6 Å². The van der Waals surface area contributed by atoms with Gasteiger partial charge < -0.3 is 18.9 Å². The van der Waals surface area contributed by atoms with Crippen molar-refractivity contribution in [3.05, 3.63) is 83.9 Å². The molecule has 0 saturated heterocycles. The molecule has 0 atom stereocenters. The summed E-state index contributed by atoms with van der Waals surface area (Å²) in [6.07, 6.45) is 0. The van der Waals surface area contributed by atoms with Crippen LogP contribution in [0.25, 0.3) is 21.5 Å². The number of benzene rings is 4. The van der Waals surface area contributed by atoms with Gasteiger partial charge in [-0.25, -0.2) is 9.59 Å². The van der Waals surface area contributed by atoms with Crippen molar-refractivity contribution in [2.75, 3.05) is 20.3 Å². The van der Waals surface area contributed by atoms with Crippen LogP contribution >= 0.6 is 0 Å². The number of ether oxygens (including phenoxy) is 4. The van der Waals surface area contributed by atoms with E-state index in [2.05, 4.69) is 0 Å². The van der Waals surface area contributed by atoms with Gasteiger partial charge in [0.1, 0.15) is 24.7 Å². The fraction of sp³-hybridized carbons (Fsp3) is 0.148. The third kappa shape index (κ3) is 5.32. The summed E-state index contributed by atoms with van der Waals surface area (Å²) in [5.41, 5.74) is 0.748. The van der Waals surface area contributed by atoms with Crippen LogP contribution in [0.1, 0.15) is 27.6 Å². The van der Waals surface area contributed by atoms with Gasteiger partial charge in [0.15, 0.2) is 0 Å². The second-order valence-electron chi connectivity index (χ2n) is 7.52. The van der Waals surface area contributed by atoms with Crippen LogP contribution in [0.3, 0.4) is 0 Å². The summed E-state index contributed by atoms with van der Waals surface area (Å²) >= 11 is 0. The molecule has 172 valence electrons. The van der Waals surface area contributed by atoms with Gasteiger partial charge in [-0.05, 0) is 70.1 Å². The maximum atomic E-state index is 12.7. The Kier molecular flexibility index (Phi) is 6.73. The predicted molar refractivity (Wildman–Crippen MR) is 126 cm³/mol. The van der Waals surface area contributed by atoms with E-state index in [1.165, 1.54) is 6.92 Å². The molecule has 7 heteroatoms. The molecule has 0 fully saturated rings. The molecule has 0 aliphatic rings. The Hall–Kier alpha value is -4.39. The van der Waals surface area contributed by atoms with E-state index in [9.17, 15) is 14.4 Å². The first-order valence-electron chi connectivity index (χ1n) is 10.6. The van der Waals surface area contributed by atoms with E-state index in [4.69, 9.17) is 18.9 Å². The molecule has 0 heterocycles. The van der Waals surface area contributed by atoms with E-state index in [1.807, 2.05) is 24.3 Å². The van der Waals surface area contributed by atoms with Gasteiger partial charge in [0, 0.05) is 6.92 Å². The number of methoxy groups -OCH3 is 1. The predicted octanol–water partition coefficient (Wildman–Crippen LogP) is 4.94. The van der Waals surface area contributed by atoms with Crippen LogP contribution in [0.2, 0.25) is 0 Å². The third-order valence-corrected chi connectivity index (χ3v) is 5.16. The molecule has 0 N–H and O–H groups in total. The van der Waals surface area contributed by atoms with Gasteiger partial charge in [-0.1, -0.05) is 24.3 Å². The molecule has 4 aromatic carbocycles. The van der Waals surface area contributed by atoms with Crippen molar-refractivity contribution in [1.82, 2.24) is 0 Å². The van der Waals surface area contributed by atoms with Crippen molar-refractivity contribution in [3.8, 4) is 11.5 Å². The highest BCUT2D eigenvalue weighted by atomic mass is 16.6. The van der Waals surface area contributed by atoms with E-state index in [0.717, 1.165) is 27.3 Å². The molecule has 0 radical (unpaired) electrons. The zero-order valence-electron chi connectivity index (χ0n) is 18.7. The quantitative estimate of drug-likeness (QED) is 0.220. The first-order chi connectivity index (χ1) is 16.4. The Morgan fingerprint density at radius 3 is 1.74 bits per heavy atom. The van der Waals surface area contributed by atoms with Crippen molar-refractivity contribution in [1.29, 1.82) is 0 Å². The van der Waals surface area contributed by atoms with Gasteiger partial charge in [-0.15, -0.1) is 0 Å². The van der Waals surface area contributed by atoms with Crippen LogP contribution in [0.15, 0.2) is 72.8 Å². The van der Waals surface area contributed by atoms with Crippen LogP contribution in [0.4, 0.5) is 0 Å². The Morgan fingerprint density at radius 1 is 0.618 bits per heavy atom. The molecule has 0 spiro atoms. The molecule has 34 heavy (non-hydrogen) atoms. The van der Waals surface area contributed by atoms with Gasteiger partial charge >= 0.3 is 17.9 Å². The van der Waals surface area contributed by atoms with Crippen LogP contribution in [0, 0.1) is 0 Å². The minimum absolute atomic E-state index is 0.00548. The van der Waals surface area contributed by atoms with Crippen LogP contribution in [0.5, 0.6) is 11.5 Å². The molecular formula is C27H22O7. The molecule has 0 aliphatic heterocycles. The van der Waals surface area contributed by atoms with Gasteiger partial charge in [-0.2, -0.15) is 0 Å². The third-order valence-electron chi connectivity index (χ3n) is 5.16. The second kappa shape index (κ2) is 10.0. The Bertz CT molecular complexity index is 1390. The van der Waals surface area contributed by atoms with Crippen molar-refractivity contribution >= 4 is 39.5 Å². The number of hydrogen-bond donors (Lipinski definition) is 0. The van der Waals surface area contributed by atoms with Crippen molar-refractivity contribution in [2.24, 2.45) is 0 Å². The highest BCUT2D eigenvalue weighted by molar-refractivity contribution is 5.99. The number of hydrogen-bond acceptors (Lipinski definition) is 7. The summed E-state index contributed by atoms with van der Waals surface area (Å²) in [6, 6.07) is 21.2. The van der Waals surface area contributed by atoms with Gasteiger partial charge in [0.2, 0.25) is 0 Å². The number of fused-ring (bicyclic) bond motifs is 2. The second-order valence-corrected chi connectivity index (χ2v) is 7.52. The van der Waals surface area contributed by atoms with Gasteiger partial charge in [0.25, 0.3) is 0 Å². The number of carbonyl (C=O) groups is 3. The normalized spacial score (nSPS) is 10.6. The summed E-state index contributed by atoms with van der Waals surface area (Å²) in [4.78, 5) is 35.7. The molecule has 0 bridgehead atoms. The fourth-order valence-corrected chi connectivity index (χ4v) is 3.46. The minimum atomic E-state index is -0.522. The Labute approximate surface area is 195 Å². The summed E-state index contributed by atoms with van der Waals surface area (Å²) < 4.78 is 20.6. The number of esters is 3. The lowest BCUT2D eigenvalue weighted by Crippen LogP contribution is -2.12. The molecule has 7 nitrogen and oxygen atoms in total. The number of carbonyl (C=O) groups excluding carboxylic acids is 3. The van der Waals surface area contributed by atoms with E-state index < -0.39 is 17.9 Å². The van der Waals surface area contributed by atoms with Crippen molar-refractivity contribution in [3.63, 3.8) is 0 Å². The molecule has 4 aromatic rings. The van der Waals surface area contributed by atoms with E-state index in [-0.39, 0.29) is 13.2 Å². The van der Waals surface area contributed by atoms with E-state index >= 15 is 0 Å². The van der Waals surface area contributed by atoms with E-state index in [0.29, 0.717) is 16.9 Å². The first kappa shape index (κ1) is 22.8. The molecular weight excluding hydrogens is 436 g/mol. The van der Waals surface area contributed by atoms with Gasteiger partial charge in [0.05, 0.1) is 18.2 Å². The maximum Gasteiger partial charge on any atom is 0.343 e. The highest BCUT2D eigenvalue weighted by Gasteiger charge is 2.12. The Morgan fingerprint density at radius 2 is 1.12 bits per heavy atom. The molecule has 4 rings (SSSR count).